The molecule has 8 nitrogen and oxygen atoms in total. The molecule has 1 N–H and O–H groups in total. The van der Waals surface area contributed by atoms with E-state index in [1.807, 2.05) is 38.1 Å². The summed E-state index contributed by atoms with van der Waals surface area (Å²) < 4.78 is 52.3. The van der Waals surface area contributed by atoms with Crippen molar-refractivity contribution in [1.82, 2.24) is 19.9 Å². The van der Waals surface area contributed by atoms with Gasteiger partial charge >= 0.3 is 0 Å². The maximum absolute atomic E-state index is 13.6. The van der Waals surface area contributed by atoms with Gasteiger partial charge in [0.25, 0.3) is 0 Å². The van der Waals surface area contributed by atoms with Gasteiger partial charge in [-0.05, 0) is 42.3 Å². The Hall–Kier alpha value is -3.18. The van der Waals surface area contributed by atoms with Crippen molar-refractivity contribution in [2.75, 3.05) is 17.6 Å². The average molecular weight is 502 g/mol. The summed E-state index contributed by atoms with van der Waals surface area (Å²) in [6.45, 7) is 3.82. The number of benzene rings is 2. The number of fused-ring (bicyclic) bond motifs is 1. The summed E-state index contributed by atoms with van der Waals surface area (Å²) in [6, 6.07) is 13.1. The summed E-state index contributed by atoms with van der Waals surface area (Å²) in [6.07, 6.45) is 1.06. The third-order valence-corrected chi connectivity index (χ3v) is 7.66. The number of aromatic amines is 1. The molecule has 2 heterocycles. The van der Waals surface area contributed by atoms with Crippen LogP contribution in [0.3, 0.4) is 0 Å². The second kappa shape index (κ2) is 9.22. The van der Waals surface area contributed by atoms with Gasteiger partial charge in [-0.25, -0.2) is 32.1 Å². The fourth-order valence-electron chi connectivity index (χ4n) is 3.48. The smallest absolute Gasteiger partial charge is 0.239 e. The molecule has 178 valence electrons. The molecule has 0 aliphatic carbocycles. The molecule has 0 spiro atoms. The number of rotatable bonds is 7. The molecule has 2 aromatic carbocycles. The van der Waals surface area contributed by atoms with Crippen LogP contribution in [0.1, 0.15) is 31.0 Å². The molecular weight excluding hydrogens is 477 g/mol. The molecule has 4 rings (SSSR count). The number of aromatic nitrogens is 4. The predicted molar refractivity (Wildman–Crippen MR) is 131 cm³/mol. The molecule has 0 radical (unpaired) electrons. The number of hydrogen-bond donors (Lipinski definition) is 1. The average Bonchev–Trinajstić information content (AvgIpc) is 3.23. The largest absolute Gasteiger partial charge is 0.331 e. The van der Waals surface area contributed by atoms with E-state index in [4.69, 9.17) is 0 Å². The van der Waals surface area contributed by atoms with E-state index in [1.165, 1.54) is 19.2 Å². The van der Waals surface area contributed by atoms with E-state index in [0.29, 0.717) is 33.2 Å². The summed E-state index contributed by atoms with van der Waals surface area (Å²) in [5.74, 6) is -0.508. The molecule has 4 aromatic rings. The fourth-order valence-corrected chi connectivity index (χ4v) is 4.97. The second-order valence-corrected chi connectivity index (χ2v) is 11.6. The Morgan fingerprint density at radius 1 is 1.06 bits per heavy atom. The number of nitrogens with one attached hydrogen (secondary N) is 1. The number of halogens is 1. The van der Waals surface area contributed by atoms with Crippen LogP contribution in [0.5, 0.6) is 0 Å². The third-order valence-electron chi connectivity index (χ3n) is 5.33. The zero-order valence-corrected chi connectivity index (χ0v) is 20.7. The highest BCUT2D eigenvalue weighted by atomic mass is 32.2. The molecule has 34 heavy (non-hydrogen) atoms. The Bertz CT molecular complexity index is 1450. The van der Waals surface area contributed by atoms with Crippen LogP contribution in [0.4, 0.5) is 10.3 Å². The van der Waals surface area contributed by atoms with Crippen LogP contribution in [0, 0.1) is 5.82 Å². The second-order valence-electron chi connectivity index (χ2n) is 8.18. The SMILES string of the molecule is CC(C)c1nc(N(C)S(C)(=O)=O)nc(-c2ccc(F)cc2)c1CS(=O)c1nc2ccccc2[nH]1. The molecule has 0 fully saturated rings. The van der Waals surface area contributed by atoms with Gasteiger partial charge in [-0.2, -0.15) is 0 Å². The first kappa shape index (κ1) is 24.0. The van der Waals surface area contributed by atoms with E-state index in [-0.39, 0.29) is 17.6 Å². The number of sulfonamides is 1. The van der Waals surface area contributed by atoms with Crippen molar-refractivity contribution < 1.29 is 17.0 Å². The van der Waals surface area contributed by atoms with Gasteiger partial charge in [-0.15, -0.1) is 0 Å². The van der Waals surface area contributed by atoms with Crippen LogP contribution < -0.4 is 4.31 Å². The predicted octanol–water partition coefficient (Wildman–Crippen LogP) is 3.99. The van der Waals surface area contributed by atoms with E-state index >= 15 is 0 Å². The Morgan fingerprint density at radius 2 is 1.74 bits per heavy atom. The summed E-state index contributed by atoms with van der Waals surface area (Å²) in [5, 5.41) is 0.318. The first-order valence-electron chi connectivity index (χ1n) is 10.5. The zero-order valence-electron chi connectivity index (χ0n) is 19.1. The van der Waals surface area contributed by atoms with E-state index in [0.717, 1.165) is 16.1 Å². The first-order valence-corrected chi connectivity index (χ1v) is 13.6. The van der Waals surface area contributed by atoms with Crippen molar-refractivity contribution in [2.24, 2.45) is 0 Å². The van der Waals surface area contributed by atoms with Crippen molar-refractivity contribution in [3.8, 4) is 11.3 Å². The van der Waals surface area contributed by atoms with Crippen molar-refractivity contribution in [3.05, 3.63) is 65.6 Å². The molecule has 2 aromatic heterocycles. The summed E-state index contributed by atoms with van der Waals surface area (Å²) in [7, 11) is -3.82. The minimum absolute atomic E-state index is 0.0104. The molecule has 0 saturated heterocycles. The number of anilines is 1. The van der Waals surface area contributed by atoms with Gasteiger partial charge in [0.1, 0.15) is 5.82 Å². The molecule has 0 aliphatic rings. The van der Waals surface area contributed by atoms with Gasteiger partial charge in [0.15, 0.2) is 5.16 Å². The Morgan fingerprint density at radius 3 is 2.35 bits per heavy atom. The van der Waals surface area contributed by atoms with Gasteiger partial charge in [0.05, 0.1) is 45.2 Å². The van der Waals surface area contributed by atoms with Crippen molar-refractivity contribution in [2.45, 2.75) is 30.7 Å². The van der Waals surface area contributed by atoms with Crippen molar-refractivity contribution in [3.63, 3.8) is 0 Å². The van der Waals surface area contributed by atoms with Crippen LogP contribution in [0.25, 0.3) is 22.3 Å². The fraction of sp³-hybridized carbons (Fsp3) is 0.261. The molecule has 11 heteroatoms. The number of imidazole rings is 1. The normalized spacial score (nSPS) is 12.9. The first-order chi connectivity index (χ1) is 16.0. The van der Waals surface area contributed by atoms with E-state index in [2.05, 4.69) is 19.9 Å². The third kappa shape index (κ3) is 4.85. The molecule has 0 amide bonds. The van der Waals surface area contributed by atoms with Crippen LogP contribution >= 0.6 is 0 Å². The molecule has 0 saturated carbocycles. The Labute approximate surface area is 199 Å². The lowest BCUT2D eigenvalue weighted by molar-refractivity contribution is 0.599. The molecule has 1 unspecified atom stereocenters. The van der Waals surface area contributed by atoms with Gasteiger partial charge < -0.3 is 4.98 Å². The van der Waals surface area contributed by atoms with E-state index in [9.17, 15) is 17.0 Å². The topological polar surface area (TPSA) is 109 Å². The van der Waals surface area contributed by atoms with Crippen molar-refractivity contribution in [1.29, 1.82) is 0 Å². The monoisotopic (exact) mass is 501 g/mol. The van der Waals surface area contributed by atoms with Crippen molar-refractivity contribution >= 4 is 37.8 Å². The van der Waals surface area contributed by atoms with Gasteiger partial charge in [0, 0.05) is 18.2 Å². The molecule has 0 aliphatic heterocycles. The molecular formula is C23H24FN5O3S2. The lowest BCUT2D eigenvalue weighted by Crippen LogP contribution is -2.28. The number of H-pyrrole nitrogens is 1. The Kier molecular flexibility index (Phi) is 6.50. The number of para-hydroxylation sites is 2. The maximum atomic E-state index is 13.6. The highest BCUT2D eigenvalue weighted by Crippen LogP contribution is 2.32. The van der Waals surface area contributed by atoms with Crippen LogP contribution in [0.15, 0.2) is 53.7 Å². The zero-order chi connectivity index (χ0) is 24.6. The lowest BCUT2D eigenvalue weighted by Gasteiger charge is -2.21. The van der Waals surface area contributed by atoms with Gasteiger partial charge in [-0.3, -0.25) is 4.21 Å². The molecule has 0 bridgehead atoms. The standard InChI is InChI=1S/C23H24FN5O3S2/c1-14(2)20-17(13-33(30)23-25-18-7-5-6-8-19(18)26-23)21(15-9-11-16(24)12-10-15)28-22(27-20)29(3)34(4,31)32/h5-12,14H,13H2,1-4H3,(H,25,26). The van der Waals surface area contributed by atoms with E-state index < -0.39 is 26.6 Å². The highest BCUT2D eigenvalue weighted by molar-refractivity contribution is 7.92. The van der Waals surface area contributed by atoms with Crippen LogP contribution in [0.2, 0.25) is 0 Å². The molecule has 1 atom stereocenters. The summed E-state index contributed by atoms with van der Waals surface area (Å²) in [5.41, 5.74) is 3.58. The van der Waals surface area contributed by atoms with Crippen LogP contribution in [-0.4, -0.2) is 45.9 Å². The van der Waals surface area contributed by atoms with Gasteiger partial charge in [-0.1, -0.05) is 26.0 Å². The van der Waals surface area contributed by atoms with E-state index in [1.54, 1.807) is 12.1 Å². The minimum Gasteiger partial charge on any atom is -0.331 e. The summed E-state index contributed by atoms with van der Waals surface area (Å²) >= 11 is 0. The minimum atomic E-state index is -3.62. The lowest BCUT2D eigenvalue weighted by atomic mass is 9.99. The maximum Gasteiger partial charge on any atom is 0.239 e. The van der Waals surface area contributed by atoms with Gasteiger partial charge in [0.2, 0.25) is 16.0 Å². The Balaban J connectivity index is 1.88. The highest BCUT2D eigenvalue weighted by Gasteiger charge is 2.25. The number of hydrogen-bond acceptors (Lipinski definition) is 6. The number of nitrogens with zero attached hydrogens (tertiary/aromatic N) is 4. The summed E-state index contributed by atoms with van der Waals surface area (Å²) in [4.78, 5) is 16.6. The van der Waals surface area contributed by atoms with Crippen LogP contribution in [-0.2, 0) is 26.6 Å². The quantitative estimate of drug-likeness (QED) is 0.410.